The van der Waals surface area contributed by atoms with Crippen molar-refractivity contribution in [2.45, 2.75) is 20.3 Å². The van der Waals surface area contributed by atoms with Crippen LogP contribution < -0.4 is 5.32 Å². The molecule has 1 amide bonds. The lowest BCUT2D eigenvalue weighted by molar-refractivity contribution is -0.142. The minimum Gasteiger partial charge on any atom is -0.481 e. The molecule has 1 unspecified atom stereocenters. The first-order valence-electron chi connectivity index (χ1n) is 6.26. The number of hydrogen-bond acceptors (Lipinski definition) is 2. The van der Waals surface area contributed by atoms with Gasteiger partial charge in [-0.05, 0) is 30.5 Å². The second-order valence-electron chi connectivity index (χ2n) is 5.03. The normalized spacial score (nSPS) is 12.2. The molecule has 0 fully saturated rings. The highest BCUT2D eigenvalue weighted by molar-refractivity contribution is 9.10. The van der Waals surface area contributed by atoms with Crippen LogP contribution in [0.1, 0.15) is 30.6 Å². The lowest BCUT2D eigenvalue weighted by Crippen LogP contribution is -2.33. The molecule has 0 aliphatic heterocycles. The number of nitrogens with one attached hydrogen (secondary N) is 1. The van der Waals surface area contributed by atoms with Crippen LogP contribution in [0.2, 0.25) is 5.02 Å². The molecular formula is C14H17BrClNO3. The number of carbonyl (C=O) groups is 2. The SMILES string of the molecule is CC(C)CC(CNC(=O)c1cc(Cl)cc(Br)c1)C(=O)O. The van der Waals surface area contributed by atoms with Gasteiger partial charge in [0.05, 0.1) is 5.92 Å². The van der Waals surface area contributed by atoms with Crippen LogP contribution in [-0.4, -0.2) is 23.5 Å². The molecule has 1 aromatic carbocycles. The van der Waals surface area contributed by atoms with Crippen LogP contribution in [0.15, 0.2) is 22.7 Å². The Hall–Kier alpha value is -1.07. The van der Waals surface area contributed by atoms with Crippen molar-refractivity contribution in [1.29, 1.82) is 0 Å². The van der Waals surface area contributed by atoms with E-state index in [9.17, 15) is 9.59 Å². The summed E-state index contributed by atoms with van der Waals surface area (Å²) in [5.41, 5.74) is 0.401. The zero-order valence-corrected chi connectivity index (χ0v) is 13.7. The number of carboxylic acid groups (broad SMARTS) is 1. The van der Waals surface area contributed by atoms with Crippen molar-refractivity contribution in [3.8, 4) is 0 Å². The Kier molecular flexibility index (Phi) is 6.49. The van der Waals surface area contributed by atoms with Crippen LogP contribution in [0.4, 0.5) is 0 Å². The van der Waals surface area contributed by atoms with Gasteiger partial charge in [0.25, 0.3) is 5.91 Å². The zero-order chi connectivity index (χ0) is 15.3. The molecular weight excluding hydrogens is 346 g/mol. The van der Waals surface area contributed by atoms with Crippen LogP contribution in [0.5, 0.6) is 0 Å². The molecule has 110 valence electrons. The van der Waals surface area contributed by atoms with Gasteiger partial charge in [-0.2, -0.15) is 0 Å². The highest BCUT2D eigenvalue weighted by Crippen LogP contribution is 2.19. The van der Waals surface area contributed by atoms with Crippen LogP contribution in [-0.2, 0) is 4.79 Å². The van der Waals surface area contributed by atoms with Gasteiger partial charge in [-0.25, -0.2) is 0 Å². The van der Waals surface area contributed by atoms with Gasteiger partial charge >= 0.3 is 5.97 Å². The molecule has 0 spiro atoms. The molecule has 0 aromatic heterocycles. The van der Waals surface area contributed by atoms with Crippen molar-refractivity contribution in [2.24, 2.45) is 11.8 Å². The van der Waals surface area contributed by atoms with E-state index >= 15 is 0 Å². The molecule has 1 aromatic rings. The van der Waals surface area contributed by atoms with Gasteiger partial charge < -0.3 is 10.4 Å². The van der Waals surface area contributed by atoms with E-state index in [-0.39, 0.29) is 18.4 Å². The van der Waals surface area contributed by atoms with Crippen LogP contribution in [0.25, 0.3) is 0 Å². The summed E-state index contributed by atoms with van der Waals surface area (Å²) in [6, 6.07) is 4.86. The van der Waals surface area contributed by atoms with E-state index in [1.54, 1.807) is 18.2 Å². The van der Waals surface area contributed by atoms with Crippen LogP contribution >= 0.6 is 27.5 Å². The van der Waals surface area contributed by atoms with Crippen LogP contribution in [0.3, 0.4) is 0 Å². The molecule has 20 heavy (non-hydrogen) atoms. The summed E-state index contributed by atoms with van der Waals surface area (Å²) in [6.45, 7) is 4.01. The summed E-state index contributed by atoms with van der Waals surface area (Å²) < 4.78 is 0.701. The summed E-state index contributed by atoms with van der Waals surface area (Å²) in [5.74, 6) is -1.55. The number of benzene rings is 1. The fraction of sp³-hybridized carbons (Fsp3) is 0.429. The predicted molar refractivity (Wildman–Crippen MR) is 82.1 cm³/mol. The lowest BCUT2D eigenvalue weighted by Gasteiger charge is -2.15. The fourth-order valence-corrected chi connectivity index (χ4v) is 2.70. The van der Waals surface area contributed by atoms with Gasteiger partial charge in [-0.1, -0.05) is 41.4 Å². The van der Waals surface area contributed by atoms with E-state index in [2.05, 4.69) is 21.2 Å². The number of halogens is 2. The second-order valence-corrected chi connectivity index (χ2v) is 6.38. The molecule has 6 heteroatoms. The Morgan fingerprint density at radius 1 is 1.35 bits per heavy atom. The topological polar surface area (TPSA) is 66.4 Å². The van der Waals surface area contributed by atoms with Crippen molar-refractivity contribution in [2.75, 3.05) is 6.54 Å². The molecule has 0 saturated carbocycles. The maximum Gasteiger partial charge on any atom is 0.308 e. The first kappa shape index (κ1) is 17.0. The van der Waals surface area contributed by atoms with E-state index in [1.165, 1.54) is 0 Å². The number of hydrogen-bond donors (Lipinski definition) is 2. The summed E-state index contributed by atoms with van der Waals surface area (Å²) in [4.78, 5) is 23.1. The molecule has 0 aliphatic rings. The van der Waals surface area contributed by atoms with Gasteiger partial charge in [0.2, 0.25) is 0 Å². The molecule has 0 bridgehead atoms. The summed E-state index contributed by atoms with van der Waals surface area (Å²) in [7, 11) is 0. The number of carbonyl (C=O) groups excluding carboxylic acids is 1. The quantitative estimate of drug-likeness (QED) is 0.813. The van der Waals surface area contributed by atoms with Crippen molar-refractivity contribution in [3.63, 3.8) is 0 Å². The van der Waals surface area contributed by atoms with Gasteiger partial charge in [-0.15, -0.1) is 0 Å². The van der Waals surface area contributed by atoms with Crippen molar-refractivity contribution < 1.29 is 14.7 Å². The Labute approximate surface area is 131 Å². The van der Waals surface area contributed by atoms with Crippen molar-refractivity contribution >= 4 is 39.4 Å². The van der Waals surface area contributed by atoms with E-state index in [0.29, 0.717) is 21.5 Å². The minimum atomic E-state index is -0.897. The van der Waals surface area contributed by atoms with Crippen molar-refractivity contribution in [3.05, 3.63) is 33.3 Å². The predicted octanol–water partition coefficient (Wildman–Crippen LogP) is 3.58. The van der Waals surface area contributed by atoms with E-state index in [1.807, 2.05) is 13.8 Å². The number of carboxylic acids is 1. The smallest absolute Gasteiger partial charge is 0.308 e. The van der Waals surface area contributed by atoms with Gasteiger partial charge in [0.15, 0.2) is 0 Å². The Balaban J connectivity index is 2.67. The summed E-state index contributed by atoms with van der Waals surface area (Å²) in [6.07, 6.45) is 0.523. The first-order valence-corrected chi connectivity index (χ1v) is 7.43. The third-order valence-corrected chi connectivity index (χ3v) is 3.41. The van der Waals surface area contributed by atoms with Gasteiger partial charge in [0, 0.05) is 21.6 Å². The molecule has 1 atom stereocenters. The highest BCUT2D eigenvalue weighted by Gasteiger charge is 2.20. The largest absolute Gasteiger partial charge is 0.481 e. The van der Waals surface area contributed by atoms with Crippen molar-refractivity contribution in [1.82, 2.24) is 5.32 Å². The number of rotatable bonds is 6. The maximum atomic E-state index is 12.0. The van der Waals surface area contributed by atoms with E-state index in [0.717, 1.165) is 0 Å². The molecule has 1 rings (SSSR count). The summed E-state index contributed by atoms with van der Waals surface area (Å²) in [5, 5.41) is 12.2. The molecule has 4 nitrogen and oxygen atoms in total. The average molecular weight is 363 g/mol. The molecule has 0 aliphatic carbocycles. The molecule has 0 saturated heterocycles. The zero-order valence-electron chi connectivity index (χ0n) is 11.3. The van der Waals surface area contributed by atoms with Crippen LogP contribution in [0, 0.1) is 11.8 Å². The maximum absolute atomic E-state index is 12.0. The van der Waals surface area contributed by atoms with E-state index in [4.69, 9.17) is 16.7 Å². The van der Waals surface area contributed by atoms with E-state index < -0.39 is 11.9 Å². The van der Waals surface area contributed by atoms with Gasteiger partial charge in [0.1, 0.15) is 0 Å². The van der Waals surface area contributed by atoms with Gasteiger partial charge in [-0.3, -0.25) is 9.59 Å². The minimum absolute atomic E-state index is 0.108. The Morgan fingerprint density at radius 3 is 2.50 bits per heavy atom. The highest BCUT2D eigenvalue weighted by atomic mass is 79.9. The fourth-order valence-electron chi connectivity index (χ4n) is 1.84. The Morgan fingerprint density at radius 2 is 2.00 bits per heavy atom. The second kappa shape index (κ2) is 7.64. The molecule has 0 heterocycles. The first-order chi connectivity index (χ1) is 9.29. The monoisotopic (exact) mass is 361 g/mol. The number of amides is 1. The standard InChI is InChI=1S/C14H17BrClNO3/c1-8(2)3-10(14(19)20)7-17-13(18)9-4-11(15)6-12(16)5-9/h4-6,8,10H,3,7H2,1-2H3,(H,17,18)(H,19,20). The third-order valence-electron chi connectivity index (χ3n) is 2.74. The summed E-state index contributed by atoms with van der Waals surface area (Å²) >= 11 is 9.13. The Bertz CT molecular complexity index is 485. The average Bonchev–Trinajstić information content (AvgIpc) is 2.32. The molecule has 0 radical (unpaired) electrons. The number of aliphatic carboxylic acids is 1. The molecule has 2 N–H and O–H groups in total. The third kappa shape index (κ3) is 5.51. The lowest BCUT2D eigenvalue weighted by atomic mass is 9.97.